The van der Waals surface area contributed by atoms with Gasteiger partial charge in [-0.1, -0.05) is 29.8 Å². The molecule has 4 nitrogen and oxygen atoms in total. The van der Waals surface area contributed by atoms with Crippen molar-refractivity contribution in [3.63, 3.8) is 0 Å². The number of nitrogens with zero attached hydrogens (tertiary/aromatic N) is 1. The monoisotopic (exact) mass is 271 g/mol. The fourth-order valence-electron chi connectivity index (χ4n) is 2.18. The maximum absolute atomic E-state index is 11.1. The number of para-hydroxylation sites is 1. The Hall–Kier alpha value is -2.33. The van der Waals surface area contributed by atoms with Gasteiger partial charge in [0.25, 0.3) is 0 Å². The van der Waals surface area contributed by atoms with Crippen LogP contribution >= 0.6 is 11.6 Å². The average Bonchev–Trinajstić information content (AvgIpc) is 2.76. The summed E-state index contributed by atoms with van der Waals surface area (Å²) in [5, 5.41) is 4.46. The number of nitrogens with two attached hydrogens (primary N) is 1. The van der Waals surface area contributed by atoms with E-state index in [2.05, 4.69) is 10.2 Å². The number of nitrogens with one attached hydrogen (secondary N) is 1. The number of hydrogen-bond donors (Lipinski definition) is 2. The van der Waals surface area contributed by atoms with Crippen LogP contribution in [0, 0.1) is 4.91 Å². The summed E-state index contributed by atoms with van der Waals surface area (Å²) in [5.74, 6) is 0. The third-order valence-corrected chi connectivity index (χ3v) is 3.29. The number of rotatable bonds is 2. The Morgan fingerprint density at radius 2 is 1.95 bits per heavy atom. The molecule has 0 spiro atoms. The molecule has 0 radical (unpaired) electrons. The Labute approximate surface area is 114 Å². The van der Waals surface area contributed by atoms with Crippen LogP contribution in [0.15, 0.2) is 47.6 Å². The van der Waals surface area contributed by atoms with E-state index < -0.39 is 0 Å². The van der Waals surface area contributed by atoms with E-state index in [4.69, 9.17) is 17.3 Å². The second-order valence-electron chi connectivity index (χ2n) is 4.22. The molecule has 0 unspecified atom stereocenters. The highest BCUT2D eigenvalue weighted by Crippen LogP contribution is 2.39. The predicted octanol–water partition coefficient (Wildman–Crippen LogP) is 4.47. The topological polar surface area (TPSA) is 71.2 Å². The van der Waals surface area contributed by atoms with Crippen LogP contribution < -0.4 is 5.73 Å². The normalized spacial score (nSPS) is 10.8. The molecule has 3 N–H and O–H groups in total. The molecule has 3 aromatic rings. The molecule has 1 aromatic heterocycles. The quantitative estimate of drug-likeness (QED) is 0.533. The number of aromatic amines is 1. The van der Waals surface area contributed by atoms with E-state index in [1.54, 1.807) is 18.2 Å². The number of H-pyrrole nitrogens is 1. The molecule has 0 saturated heterocycles. The lowest BCUT2D eigenvalue weighted by molar-refractivity contribution is 1.42. The fourth-order valence-corrected chi connectivity index (χ4v) is 2.36. The fraction of sp³-hybridized carbons (Fsp3) is 0. The van der Waals surface area contributed by atoms with E-state index in [9.17, 15) is 4.91 Å². The summed E-state index contributed by atoms with van der Waals surface area (Å²) < 4.78 is 0. The third-order valence-electron chi connectivity index (χ3n) is 3.05. The highest BCUT2D eigenvalue weighted by molar-refractivity contribution is 6.31. The van der Waals surface area contributed by atoms with Crippen molar-refractivity contribution in [1.82, 2.24) is 4.98 Å². The number of hydrogen-bond acceptors (Lipinski definition) is 3. The van der Waals surface area contributed by atoms with E-state index in [0.29, 0.717) is 22.1 Å². The van der Waals surface area contributed by atoms with E-state index in [1.807, 2.05) is 24.3 Å². The first kappa shape index (κ1) is 11.7. The van der Waals surface area contributed by atoms with Crippen LogP contribution in [0.5, 0.6) is 0 Å². The van der Waals surface area contributed by atoms with Crippen molar-refractivity contribution >= 4 is 33.9 Å². The van der Waals surface area contributed by atoms with Crippen LogP contribution in [0.2, 0.25) is 5.02 Å². The minimum atomic E-state index is 0.365. The molecule has 2 aromatic carbocycles. The molecular formula is C14H10ClN3O. The van der Waals surface area contributed by atoms with Gasteiger partial charge in [0.2, 0.25) is 0 Å². The second kappa shape index (κ2) is 4.40. The van der Waals surface area contributed by atoms with Gasteiger partial charge in [0, 0.05) is 27.2 Å². The number of benzene rings is 2. The SMILES string of the molecule is Nc1cc(Cl)ccc1-c1[nH]c2ccccc2c1N=O. The van der Waals surface area contributed by atoms with Gasteiger partial charge in [-0.15, -0.1) is 4.91 Å². The van der Waals surface area contributed by atoms with E-state index in [-0.39, 0.29) is 0 Å². The first-order chi connectivity index (χ1) is 9.20. The summed E-state index contributed by atoms with van der Waals surface area (Å²) >= 11 is 5.88. The zero-order valence-electron chi connectivity index (χ0n) is 9.85. The maximum atomic E-state index is 11.1. The predicted molar refractivity (Wildman–Crippen MR) is 78.6 cm³/mol. The first-order valence-electron chi connectivity index (χ1n) is 5.70. The Balaban J connectivity index is 2.33. The molecule has 0 atom stereocenters. The summed E-state index contributed by atoms with van der Waals surface area (Å²) in [6.45, 7) is 0. The highest BCUT2D eigenvalue weighted by atomic mass is 35.5. The molecule has 0 aliphatic carbocycles. The van der Waals surface area contributed by atoms with Crippen LogP contribution in [0.1, 0.15) is 0 Å². The Morgan fingerprint density at radius 3 is 2.68 bits per heavy atom. The average molecular weight is 272 g/mol. The van der Waals surface area contributed by atoms with Crippen molar-refractivity contribution < 1.29 is 0 Å². The third kappa shape index (κ3) is 1.86. The summed E-state index contributed by atoms with van der Waals surface area (Å²) in [6.07, 6.45) is 0. The van der Waals surface area contributed by atoms with Crippen molar-refractivity contribution in [1.29, 1.82) is 0 Å². The minimum absolute atomic E-state index is 0.365. The molecular weight excluding hydrogens is 262 g/mol. The van der Waals surface area contributed by atoms with Gasteiger partial charge >= 0.3 is 0 Å². The van der Waals surface area contributed by atoms with Gasteiger partial charge in [0.05, 0.1) is 5.69 Å². The number of anilines is 1. The van der Waals surface area contributed by atoms with Crippen LogP contribution in [0.4, 0.5) is 11.4 Å². The standard InChI is InChI=1S/C14H10ClN3O/c15-8-5-6-9(11(16)7-8)13-14(18-19)10-3-1-2-4-12(10)17-13/h1-7,17H,16H2. The highest BCUT2D eigenvalue weighted by Gasteiger charge is 2.15. The van der Waals surface area contributed by atoms with E-state index in [0.717, 1.165) is 16.5 Å². The Bertz CT molecular complexity index is 779. The minimum Gasteiger partial charge on any atom is -0.398 e. The van der Waals surface area contributed by atoms with Crippen LogP contribution in [0.3, 0.4) is 0 Å². The van der Waals surface area contributed by atoms with Crippen molar-refractivity contribution in [3.8, 4) is 11.3 Å². The first-order valence-corrected chi connectivity index (χ1v) is 6.08. The molecule has 0 saturated carbocycles. The van der Waals surface area contributed by atoms with Gasteiger partial charge in [0.15, 0.2) is 0 Å². The van der Waals surface area contributed by atoms with E-state index >= 15 is 0 Å². The molecule has 0 aliphatic rings. The molecule has 0 bridgehead atoms. The maximum Gasteiger partial charge on any atom is 0.141 e. The summed E-state index contributed by atoms with van der Waals surface area (Å²) in [5.41, 5.74) is 9.00. The summed E-state index contributed by atoms with van der Waals surface area (Å²) in [6, 6.07) is 12.6. The lowest BCUT2D eigenvalue weighted by atomic mass is 10.1. The second-order valence-corrected chi connectivity index (χ2v) is 4.65. The van der Waals surface area contributed by atoms with Gasteiger partial charge in [-0.3, -0.25) is 0 Å². The number of aromatic nitrogens is 1. The van der Waals surface area contributed by atoms with Gasteiger partial charge in [0.1, 0.15) is 5.69 Å². The number of nitrogen functional groups attached to an aromatic ring is 1. The smallest absolute Gasteiger partial charge is 0.141 e. The zero-order chi connectivity index (χ0) is 13.4. The number of fused-ring (bicyclic) bond motifs is 1. The van der Waals surface area contributed by atoms with Crippen LogP contribution in [0.25, 0.3) is 22.2 Å². The lowest BCUT2D eigenvalue weighted by Gasteiger charge is -2.04. The van der Waals surface area contributed by atoms with Crippen molar-refractivity contribution in [2.75, 3.05) is 5.73 Å². The van der Waals surface area contributed by atoms with Crippen LogP contribution in [-0.4, -0.2) is 4.98 Å². The zero-order valence-corrected chi connectivity index (χ0v) is 10.6. The Kier molecular flexibility index (Phi) is 2.72. The van der Waals surface area contributed by atoms with Gasteiger partial charge in [-0.2, -0.15) is 0 Å². The van der Waals surface area contributed by atoms with E-state index in [1.165, 1.54) is 0 Å². The number of halogens is 1. The summed E-state index contributed by atoms with van der Waals surface area (Å²) in [7, 11) is 0. The molecule has 0 amide bonds. The number of nitroso groups, excluding NO2 is 1. The molecule has 19 heavy (non-hydrogen) atoms. The Morgan fingerprint density at radius 1 is 1.16 bits per heavy atom. The van der Waals surface area contributed by atoms with Crippen molar-refractivity contribution in [2.45, 2.75) is 0 Å². The van der Waals surface area contributed by atoms with Gasteiger partial charge in [-0.05, 0) is 29.4 Å². The molecule has 0 aliphatic heterocycles. The molecule has 1 heterocycles. The molecule has 0 fully saturated rings. The molecule has 3 rings (SSSR count). The summed E-state index contributed by atoms with van der Waals surface area (Å²) in [4.78, 5) is 14.3. The van der Waals surface area contributed by atoms with Gasteiger partial charge in [-0.25, -0.2) is 0 Å². The van der Waals surface area contributed by atoms with Crippen molar-refractivity contribution in [2.24, 2.45) is 5.18 Å². The van der Waals surface area contributed by atoms with Crippen LogP contribution in [-0.2, 0) is 0 Å². The molecule has 5 heteroatoms. The largest absolute Gasteiger partial charge is 0.398 e. The lowest BCUT2D eigenvalue weighted by Crippen LogP contribution is -1.90. The van der Waals surface area contributed by atoms with Gasteiger partial charge < -0.3 is 10.7 Å². The molecule has 94 valence electrons. The van der Waals surface area contributed by atoms with Crippen molar-refractivity contribution in [3.05, 3.63) is 52.4 Å².